The Morgan fingerprint density at radius 1 is 0.485 bits per heavy atom. The minimum Gasteiger partial charge on any atom is -0.0843 e. The first kappa shape index (κ1) is 20.3. The van der Waals surface area contributed by atoms with Gasteiger partial charge in [-0.25, -0.2) is 0 Å². The van der Waals surface area contributed by atoms with E-state index < -0.39 is 5.41 Å². The van der Waals surface area contributed by atoms with E-state index >= 15 is 0 Å². The van der Waals surface area contributed by atoms with Gasteiger partial charge in [-0.1, -0.05) is 126 Å². The molecule has 6 rings (SSSR count). The highest BCUT2D eigenvalue weighted by molar-refractivity contribution is 6.37. The summed E-state index contributed by atoms with van der Waals surface area (Å²) in [5.74, 6) is 0. The monoisotopic (exact) mass is 462 g/mol. The van der Waals surface area contributed by atoms with Crippen molar-refractivity contribution in [3.8, 4) is 22.3 Å². The molecule has 0 aliphatic heterocycles. The first-order chi connectivity index (χ1) is 16.2. The molecule has 0 unspecified atom stereocenters. The van der Waals surface area contributed by atoms with Gasteiger partial charge in [0.2, 0.25) is 0 Å². The third-order valence-corrected chi connectivity index (χ3v) is 7.19. The van der Waals surface area contributed by atoms with E-state index in [4.69, 9.17) is 23.2 Å². The maximum atomic E-state index is 6.88. The van der Waals surface area contributed by atoms with Crippen LogP contribution in [-0.4, -0.2) is 0 Å². The topological polar surface area (TPSA) is 0 Å². The van der Waals surface area contributed by atoms with E-state index in [9.17, 15) is 0 Å². The van der Waals surface area contributed by atoms with Gasteiger partial charge < -0.3 is 0 Å². The van der Waals surface area contributed by atoms with Crippen LogP contribution in [0.1, 0.15) is 22.3 Å². The van der Waals surface area contributed by atoms with Crippen molar-refractivity contribution in [2.45, 2.75) is 5.41 Å². The predicted molar refractivity (Wildman–Crippen MR) is 139 cm³/mol. The van der Waals surface area contributed by atoms with Crippen molar-refractivity contribution in [1.82, 2.24) is 0 Å². The number of hydrogen-bond acceptors (Lipinski definition) is 0. The van der Waals surface area contributed by atoms with Gasteiger partial charge in [-0.3, -0.25) is 0 Å². The zero-order valence-electron chi connectivity index (χ0n) is 17.8. The van der Waals surface area contributed by atoms with Crippen LogP contribution in [0.5, 0.6) is 0 Å². The standard InChI is InChI=1S/C31H20Cl2/c32-25-19-28-30(29(33)20-25)26-17-16-22(21-10-4-1-5-11-21)18-27(26)31(28,23-12-6-2-7-13-23)24-14-8-3-9-15-24/h1-20H. The highest BCUT2D eigenvalue weighted by Gasteiger charge is 2.47. The third kappa shape index (κ3) is 3.06. The molecule has 0 radical (unpaired) electrons. The molecule has 5 aromatic rings. The van der Waals surface area contributed by atoms with Crippen LogP contribution in [0.15, 0.2) is 121 Å². The number of hydrogen-bond donors (Lipinski definition) is 0. The molecular formula is C31H20Cl2. The second-order valence-corrected chi connectivity index (χ2v) is 9.26. The SMILES string of the molecule is Clc1cc(Cl)c2c(c1)C(c1ccccc1)(c1ccccc1)c1cc(-c3ccccc3)ccc1-2. The molecule has 0 saturated heterocycles. The fourth-order valence-electron chi connectivity index (χ4n) is 5.34. The van der Waals surface area contributed by atoms with E-state index in [1.807, 2.05) is 12.1 Å². The molecule has 33 heavy (non-hydrogen) atoms. The molecule has 1 aliphatic carbocycles. The van der Waals surface area contributed by atoms with Gasteiger partial charge in [0.1, 0.15) is 0 Å². The Bertz CT molecular complexity index is 1420. The number of halogens is 2. The molecule has 158 valence electrons. The molecule has 5 aromatic carbocycles. The summed E-state index contributed by atoms with van der Waals surface area (Å²) >= 11 is 13.5. The summed E-state index contributed by atoms with van der Waals surface area (Å²) in [5.41, 5.74) is 8.79. The van der Waals surface area contributed by atoms with Crippen molar-refractivity contribution >= 4 is 23.2 Å². The Hall–Kier alpha value is -3.32. The number of fused-ring (bicyclic) bond motifs is 3. The van der Waals surface area contributed by atoms with E-state index in [0.717, 1.165) is 16.7 Å². The van der Waals surface area contributed by atoms with E-state index in [1.54, 1.807) is 0 Å². The Balaban J connectivity index is 1.78. The Kier molecular flexibility index (Phi) is 4.87. The number of benzene rings is 5. The van der Waals surface area contributed by atoms with Gasteiger partial charge >= 0.3 is 0 Å². The van der Waals surface area contributed by atoms with Crippen LogP contribution in [0.4, 0.5) is 0 Å². The van der Waals surface area contributed by atoms with Gasteiger partial charge in [0.25, 0.3) is 0 Å². The van der Waals surface area contributed by atoms with Crippen LogP contribution in [0, 0.1) is 0 Å². The lowest BCUT2D eigenvalue weighted by Crippen LogP contribution is -2.28. The first-order valence-corrected chi connectivity index (χ1v) is 11.8. The van der Waals surface area contributed by atoms with Crippen molar-refractivity contribution in [1.29, 1.82) is 0 Å². The quantitative estimate of drug-likeness (QED) is 0.246. The second-order valence-electron chi connectivity index (χ2n) is 8.42. The summed E-state index contributed by atoms with van der Waals surface area (Å²) in [5, 5.41) is 1.33. The lowest BCUT2D eigenvalue weighted by atomic mass is 9.67. The smallest absolute Gasteiger partial charge is 0.0714 e. The molecule has 0 heterocycles. The first-order valence-electron chi connectivity index (χ1n) is 11.0. The zero-order chi connectivity index (χ0) is 22.4. The van der Waals surface area contributed by atoms with E-state index in [0.29, 0.717) is 10.0 Å². The van der Waals surface area contributed by atoms with Gasteiger partial charge in [0, 0.05) is 10.6 Å². The Labute approximate surface area is 204 Å². The molecule has 0 saturated carbocycles. The highest BCUT2D eigenvalue weighted by atomic mass is 35.5. The molecule has 2 heteroatoms. The van der Waals surface area contributed by atoms with E-state index in [2.05, 4.69) is 109 Å². The molecule has 0 aromatic heterocycles. The van der Waals surface area contributed by atoms with E-state index in [-0.39, 0.29) is 0 Å². The van der Waals surface area contributed by atoms with Gasteiger partial charge in [0.05, 0.1) is 10.4 Å². The van der Waals surface area contributed by atoms with Crippen LogP contribution in [0.25, 0.3) is 22.3 Å². The van der Waals surface area contributed by atoms with Crippen LogP contribution >= 0.6 is 23.2 Å². The van der Waals surface area contributed by atoms with Crippen LogP contribution < -0.4 is 0 Å². The largest absolute Gasteiger partial charge is 0.0843 e. The summed E-state index contributed by atoms with van der Waals surface area (Å²) in [4.78, 5) is 0. The summed E-state index contributed by atoms with van der Waals surface area (Å²) in [6.45, 7) is 0. The normalized spacial score (nSPS) is 13.4. The maximum Gasteiger partial charge on any atom is 0.0714 e. The minimum atomic E-state index is -0.521. The fraction of sp³-hybridized carbons (Fsp3) is 0.0323. The van der Waals surface area contributed by atoms with Crippen molar-refractivity contribution in [2.75, 3.05) is 0 Å². The van der Waals surface area contributed by atoms with Crippen LogP contribution in [-0.2, 0) is 5.41 Å². The van der Waals surface area contributed by atoms with E-state index in [1.165, 1.54) is 27.8 Å². The molecule has 0 atom stereocenters. The van der Waals surface area contributed by atoms with Gasteiger partial charge in [0.15, 0.2) is 0 Å². The minimum absolute atomic E-state index is 0.521. The van der Waals surface area contributed by atoms with Crippen molar-refractivity contribution in [3.63, 3.8) is 0 Å². The second kappa shape index (κ2) is 7.92. The summed E-state index contributed by atoms with van der Waals surface area (Å²) < 4.78 is 0. The zero-order valence-corrected chi connectivity index (χ0v) is 19.3. The van der Waals surface area contributed by atoms with Crippen molar-refractivity contribution in [2.24, 2.45) is 0 Å². The van der Waals surface area contributed by atoms with Gasteiger partial charge in [-0.15, -0.1) is 0 Å². The summed E-state index contributed by atoms with van der Waals surface area (Å²) in [7, 11) is 0. The Morgan fingerprint density at radius 2 is 1.06 bits per heavy atom. The molecule has 0 amide bonds. The lowest BCUT2D eigenvalue weighted by molar-refractivity contribution is 0.769. The summed E-state index contributed by atoms with van der Waals surface area (Å²) in [6, 6.07) is 42.5. The third-order valence-electron chi connectivity index (χ3n) is 6.67. The maximum absolute atomic E-state index is 6.88. The van der Waals surface area contributed by atoms with Crippen LogP contribution in [0.3, 0.4) is 0 Å². The van der Waals surface area contributed by atoms with Crippen LogP contribution in [0.2, 0.25) is 10.0 Å². The molecule has 0 nitrogen and oxygen atoms in total. The molecule has 0 fully saturated rings. The average Bonchev–Trinajstić information content (AvgIpc) is 3.16. The molecule has 0 bridgehead atoms. The molecule has 1 aliphatic rings. The Morgan fingerprint density at radius 3 is 1.67 bits per heavy atom. The van der Waals surface area contributed by atoms with Gasteiger partial charge in [-0.05, 0) is 57.1 Å². The fourth-order valence-corrected chi connectivity index (χ4v) is 5.93. The van der Waals surface area contributed by atoms with Gasteiger partial charge in [-0.2, -0.15) is 0 Å². The highest BCUT2D eigenvalue weighted by Crippen LogP contribution is 2.58. The predicted octanol–water partition coefficient (Wildman–Crippen LogP) is 9.02. The molecule has 0 N–H and O–H groups in total. The molecular weight excluding hydrogens is 443 g/mol. The lowest BCUT2D eigenvalue weighted by Gasteiger charge is -2.34. The number of rotatable bonds is 3. The van der Waals surface area contributed by atoms with Crippen molar-refractivity contribution < 1.29 is 0 Å². The van der Waals surface area contributed by atoms with Crippen molar-refractivity contribution in [3.05, 3.63) is 154 Å². The average molecular weight is 463 g/mol. The molecule has 0 spiro atoms. The summed E-state index contributed by atoms with van der Waals surface area (Å²) in [6.07, 6.45) is 0.